The van der Waals surface area contributed by atoms with Gasteiger partial charge in [0.2, 0.25) is 0 Å². The van der Waals surface area contributed by atoms with E-state index in [1.807, 2.05) is 13.8 Å². The fourth-order valence-corrected chi connectivity index (χ4v) is 1.77. The minimum absolute atomic E-state index is 0.00509. The fraction of sp³-hybridized carbons (Fsp3) is 0.286. The Balaban J connectivity index is 2.75. The lowest BCUT2D eigenvalue weighted by Gasteiger charge is -2.10. The molecule has 2 rings (SSSR count). The number of nitrogens with one attached hydrogen (secondary N) is 1. The standard InChI is InChI=1S/C14H14F2N2O/c1-7(2)13-17-12(8(3)14(19)18-13)9-5-4-6-10(15)11(9)16/h4-7H,1-3H3,(H,17,18,19). The van der Waals surface area contributed by atoms with Gasteiger partial charge in [-0.1, -0.05) is 19.9 Å². The van der Waals surface area contributed by atoms with Crippen LogP contribution in [0.5, 0.6) is 0 Å². The number of hydrogen-bond acceptors (Lipinski definition) is 2. The van der Waals surface area contributed by atoms with E-state index in [2.05, 4.69) is 9.97 Å². The highest BCUT2D eigenvalue weighted by Crippen LogP contribution is 2.25. The molecular weight excluding hydrogens is 250 g/mol. The van der Waals surface area contributed by atoms with Gasteiger partial charge in [0.25, 0.3) is 5.56 Å². The lowest BCUT2D eigenvalue weighted by Crippen LogP contribution is -2.17. The van der Waals surface area contributed by atoms with Gasteiger partial charge < -0.3 is 4.98 Å². The number of halogens is 2. The number of aromatic amines is 1. The van der Waals surface area contributed by atoms with Gasteiger partial charge >= 0.3 is 0 Å². The number of hydrogen-bond donors (Lipinski definition) is 1. The third kappa shape index (κ3) is 2.41. The summed E-state index contributed by atoms with van der Waals surface area (Å²) in [6.45, 7) is 5.26. The van der Waals surface area contributed by atoms with Crippen molar-refractivity contribution >= 4 is 0 Å². The highest BCUT2D eigenvalue weighted by Gasteiger charge is 2.16. The van der Waals surface area contributed by atoms with Crippen LogP contribution in [-0.2, 0) is 0 Å². The Morgan fingerprint density at radius 2 is 1.95 bits per heavy atom. The first-order chi connectivity index (χ1) is 8.91. The molecule has 3 nitrogen and oxygen atoms in total. The number of aromatic nitrogens is 2. The van der Waals surface area contributed by atoms with Crippen molar-refractivity contribution in [1.82, 2.24) is 9.97 Å². The summed E-state index contributed by atoms with van der Waals surface area (Å²) >= 11 is 0. The topological polar surface area (TPSA) is 45.8 Å². The molecule has 0 unspecified atom stereocenters. The van der Waals surface area contributed by atoms with Crippen LogP contribution in [0.2, 0.25) is 0 Å². The predicted molar refractivity (Wildman–Crippen MR) is 69.0 cm³/mol. The zero-order valence-electron chi connectivity index (χ0n) is 10.9. The molecule has 1 N–H and O–H groups in total. The van der Waals surface area contributed by atoms with Crippen molar-refractivity contribution in [3.05, 3.63) is 51.6 Å². The van der Waals surface area contributed by atoms with Crippen LogP contribution in [0, 0.1) is 18.6 Å². The van der Waals surface area contributed by atoms with Crippen LogP contribution < -0.4 is 5.56 Å². The maximum Gasteiger partial charge on any atom is 0.254 e. The van der Waals surface area contributed by atoms with E-state index in [1.165, 1.54) is 19.1 Å². The van der Waals surface area contributed by atoms with Crippen LogP contribution in [0.1, 0.15) is 31.2 Å². The second kappa shape index (κ2) is 4.91. The minimum Gasteiger partial charge on any atom is -0.310 e. The van der Waals surface area contributed by atoms with Gasteiger partial charge in [0.05, 0.1) is 5.69 Å². The maximum absolute atomic E-state index is 13.8. The molecule has 1 heterocycles. The lowest BCUT2D eigenvalue weighted by atomic mass is 10.1. The Hall–Kier alpha value is -2.04. The average Bonchev–Trinajstić information content (AvgIpc) is 2.36. The summed E-state index contributed by atoms with van der Waals surface area (Å²) in [5.74, 6) is -1.50. The summed E-state index contributed by atoms with van der Waals surface area (Å²) in [7, 11) is 0. The van der Waals surface area contributed by atoms with Crippen LogP contribution in [0.4, 0.5) is 8.78 Å². The van der Waals surface area contributed by atoms with E-state index in [0.717, 1.165) is 6.07 Å². The van der Waals surface area contributed by atoms with Gasteiger partial charge in [-0.05, 0) is 19.1 Å². The Bertz CT molecular complexity index is 678. The van der Waals surface area contributed by atoms with Crippen molar-refractivity contribution in [2.24, 2.45) is 0 Å². The number of benzene rings is 1. The van der Waals surface area contributed by atoms with Gasteiger partial charge in [-0.3, -0.25) is 4.79 Å². The molecule has 0 saturated heterocycles. The minimum atomic E-state index is -0.988. The number of nitrogens with zero attached hydrogens (tertiary/aromatic N) is 1. The molecular formula is C14H14F2N2O. The number of rotatable bonds is 2. The second-order valence-electron chi connectivity index (χ2n) is 4.68. The fourth-order valence-electron chi connectivity index (χ4n) is 1.77. The van der Waals surface area contributed by atoms with E-state index in [1.54, 1.807) is 0 Å². The molecule has 0 fully saturated rings. The van der Waals surface area contributed by atoms with Crippen molar-refractivity contribution < 1.29 is 8.78 Å². The molecule has 0 amide bonds. The predicted octanol–water partition coefficient (Wildman–Crippen LogP) is 3.15. The first kappa shape index (κ1) is 13.4. The molecule has 1 aromatic carbocycles. The molecule has 0 aliphatic rings. The van der Waals surface area contributed by atoms with Crippen LogP contribution in [-0.4, -0.2) is 9.97 Å². The van der Waals surface area contributed by atoms with Gasteiger partial charge in [0, 0.05) is 17.0 Å². The van der Waals surface area contributed by atoms with E-state index in [0.29, 0.717) is 5.82 Å². The lowest BCUT2D eigenvalue weighted by molar-refractivity contribution is 0.510. The van der Waals surface area contributed by atoms with E-state index in [9.17, 15) is 13.6 Å². The van der Waals surface area contributed by atoms with Gasteiger partial charge in [-0.15, -0.1) is 0 Å². The average molecular weight is 264 g/mol. The molecule has 19 heavy (non-hydrogen) atoms. The molecule has 5 heteroatoms. The van der Waals surface area contributed by atoms with Crippen molar-refractivity contribution in [1.29, 1.82) is 0 Å². The third-order valence-corrected chi connectivity index (χ3v) is 2.92. The van der Waals surface area contributed by atoms with Crippen LogP contribution >= 0.6 is 0 Å². The van der Waals surface area contributed by atoms with Gasteiger partial charge in [-0.2, -0.15) is 0 Å². The van der Waals surface area contributed by atoms with E-state index >= 15 is 0 Å². The molecule has 0 saturated carbocycles. The molecule has 1 aromatic heterocycles. The first-order valence-corrected chi connectivity index (χ1v) is 5.97. The Morgan fingerprint density at radius 1 is 1.26 bits per heavy atom. The Labute approximate surface area is 109 Å². The monoisotopic (exact) mass is 264 g/mol. The molecule has 0 bridgehead atoms. The molecule has 0 radical (unpaired) electrons. The second-order valence-corrected chi connectivity index (χ2v) is 4.68. The van der Waals surface area contributed by atoms with Crippen molar-refractivity contribution in [3.63, 3.8) is 0 Å². The van der Waals surface area contributed by atoms with Crippen molar-refractivity contribution in [2.75, 3.05) is 0 Å². The third-order valence-electron chi connectivity index (χ3n) is 2.92. The van der Waals surface area contributed by atoms with Crippen LogP contribution in [0.3, 0.4) is 0 Å². The highest BCUT2D eigenvalue weighted by atomic mass is 19.2. The van der Waals surface area contributed by atoms with Crippen molar-refractivity contribution in [3.8, 4) is 11.3 Å². The molecule has 100 valence electrons. The first-order valence-electron chi connectivity index (χ1n) is 5.97. The van der Waals surface area contributed by atoms with E-state index < -0.39 is 11.6 Å². The van der Waals surface area contributed by atoms with E-state index in [-0.39, 0.29) is 28.3 Å². The molecule has 0 spiro atoms. The largest absolute Gasteiger partial charge is 0.310 e. The summed E-state index contributed by atoms with van der Waals surface area (Å²) in [6.07, 6.45) is 0. The quantitative estimate of drug-likeness (QED) is 0.905. The normalized spacial score (nSPS) is 11.1. The van der Waals surface area contributed by atoms with Crippen LogP contribution in [0.15, 0.2) is 23.0 Å². The maximum atomic E-state index is 13.8. The van der Waals surface area contributed by atoms with E-state index in [4.69, 9.17) is 0 Å². The van der Waals surface area contributed by atoms with Gasteiger partial charge in [0.15, 0.2) is 11.6 Å². The smallest absolute Gasteiger partial charge is 0.254 e. The summed E-state index contributed by atoms with van der Waals surface area (Å²) < 4.78 is 27.1. The molecule has 0 atom stereocenters. The zero-order valence-corrected chi connectivity index (χ0v) is 10.9. The summed E-state index contributed by atoms with van der Waals surface area (Å²) in [6, 6.07) is 3.84. The molecule has 0 aliphatic carbocycles. The molecule has 0 aliphatic heterocycles. The van der Waals surface area contributed by atoms with Crippen molar-refractivity contribution in [2.45, 2.75) is 26.7 Å². The van der Waals surface area contributed by atoms with Gasteiger partial charge in [-0.25, -0.2) is 13.8 Å². The highest BCUT2D eigenvalue weighted by molar-refractivity contribution is 5.63. The zero-order chi connectivity index (χ0) is 14.2. The SMILES string of the molecule is Cc1c(-c2cccc(F)c2F)nc(C(C)C)[nH]c1=O. The number of H-pyrrole nitrogens is 1. The Kier molecular flexibility index (Phi) is 3.46. The van der Waals surface area contributed by atoms with Crippen LogP contribution in [0.25, 0.3) is 11.3 Å². The Morgan fingerprint density at radius 3 is 2.58 bits per heavy atom. The summed E-state index contributed by atoms with van der Waals surface area (Å²) in [5.41, 5.74) is 0.126. The molecule has 2 aromatic rings. The summed E-state index contributed by atoms with van der Waals surface area (Å²) in [4.78, 5) is 18.7. The summed E-state index contributed by atoms with van der Waals surface area (Å²) in [5, 5.41) is 0. The van der Waals surface area contributed by atoms with Gasteiger partial charge in [0.1, 0.15) is 5.82 Å².